The molecule has 0 bridgehead atoms. The molecule has 1 aliphatic rings. The lowest BCUT2D eigenvalue weighted by atomic mass is 9.87. The number of hydrogen-bond acceptors (Lipinski definition) is 2. The zero-order valence-electron chi connectivity index (χ0n) is 8.15. The Balaban J connectivity index is 2.77. The van der Waals surface area contributed by atoms with E-state index in [9.17, 15) is 4.79 Å². The Morgan fingerprint density at radius 3 is 2.50 bits per heavy atom. The fraction of sp³-hybridized carbons (Fsp3) is 0.889. The molecule has 0 radical (unpaired) electrons. The van der Waals surface area contributed by atoms with Gasteiger partial charge in [0.25, 0.3) is 0 Å². The monoisotopic (exact) mass is 258 g/mol. The molecule has 5 heteroatoms. The van der Waals surface area contributed by atoms with E-state index >= 15 is 0 Å². The van der Waals surface area contributed by atoms with E-state index in [1.807, 2.05) is 13.8 Å². The van der Waals surface area contributed by atoms with Crippen molar-refractivity contribution in [3.8, 4) is 0 Å². The number of cyclic esters (lactones) is 1. The predicted octanol–water partition coefficient (Wildman–Crippen LogP) is 3.13. The Morgan fingerprint density at radius 1 is 1.36 bits per heavy atom. The molecule has 0 aromatic rings. The Morgan fingerprint density at radius 2 is 1.93 bits per heavy atom. The number of hydrogen-bond donors (Lipinski definition) is 0. The molecule has 0 N–H and O–H groups in total. The Bertz CT molecular complexity index is 238. The van der Waals surface area contributed by atoms with Gasteiger partial charge in [-0.25, -0.2) is 4.79 Å². The number of halogens is 3. The van der Waals surface area contributed by atoms with Crippen LogP contribution in [0.5, 0.6) is 0 Å². The summed E-state index contributed by atoms with van der Waals surface area (Å²) in [6, 6.07) is 0. The maximum atomic E-state index is 11.4. The van der Waals surface area contributed by atoms with Crippen molar-refractivity contribution >= 4 is 40.8 Å². The van der Waals surface area contributed by atoms with Crippen LogP contribution in [-0.4, -0.2) is 22.3 Å². The molecule has 0 aromatic carbocycles. The first-order valence-electron chi connectivity index (χ1n) is 4.42. The van der Waals surface area contributed by atoms with Gasteiger partial charge in [0.05, 0.1) is 6.61 Å². The van der Waals surface area contributed by atoms with Crippen LogP contribution in [0.3, 0.4) is 0 Å². The first kappa shape index (κ1) is 12.4. The van der Waals surface area contributed by atoms with E-state index in [4.69, 9.17) is 39.5 Å². The maximum Gasteiger partial charge on any atom is 0.342 e. The summed E-state index contributed by atoms with van der Waals surface area (Å²) < 4.78 is 3.50. The molecule has 0 amide bonds. The van der Waals surface area contributed by atoms with Crippen LogP contribution in [0.25, 0.3) is 0 Å². The molecule has 14 heavy (non-hydrogen) atoms. The van der Waals surface area contributed by atoms with Crippen molar-refractivity contribution in [2.75, 3.05) is 6.61 Å². The molecule has 0 spiro atoms. The van der Waals surface area contributed by atoms with Crippen molar-refractivity contribution in [1.29, 1.82) is 0 Å². The minimum atomic E-state index is -1.50. The van der Waals surface area contributed by atoms with Crippen LogP contribution in [0.1, 0.15) is 26.7 Å². The van der Waals surface area contributed by atoms with Crippen molar-refractivity contribution in [1.82, 2.24) is 0 Å². The molecule has 82 valence electrons. The molecule has 0 aliphatic carbocycles. The highest BCUT2D eigenvalue weighted by Gasteiger charge is 2.42. The van der Waals surface area contributed by atoms with Crippen LogP contribution in [0.4, 0.5) is 0 Å². The van der Waals surface area contributed by atoms with Crippen LogP contribution < -0.4 is 0 Å². The van der Waals surface area contributed by atoms with Crippen LogP contribution >= 0.6 is 34.8 Å². The van der Waals surface area contributed by atoms with Gasteiger partial charge in [-0.2, -0.15) is 0 Å². The molecule has 1 heterocycles. The van der Waals surface area contributed by atoms with Gasteiger partial charge in [-0.1, -0.05) is 37.0 Å². The second-order valence-electron chi connectivity index (χ2n) is 4.45. The quantitative estimate of drug-likeness (QED) is 0.493. The second-order valence-corrected chi connectivity index (χ2v) is 6.55. The third-order valence-electron chi connectivity index (χ3n) is 2.14. The lowest BCUT2D eigenvalue weighted by Gasteiger charge is -2.32. The van der Waals surface area contributed by atoms with Crippen LogP contribution in [-0.2, 0) is 9.53 Å². The molecule has 1 atom stereocenters. The smallest absolute Gasteiger partial charge is 0.342 e. The molecule has 1 aliphatic heterocycles. The van der Waals surface area contributed by atoms with Gasteiger partial charge in [0, 0.05) is 17.2 Å². The van der Waals surface area contributed by atoms with Gasteiger partial charge < -0.3 is 4.74 Å². The molecular weight excluding hydrogens is 246 g/mol. The van der Waals surface area contributed by atoms with Crippen molar-refractivity contribution in [2.24, 2.45) is 5.41 Å². The standard InChI is InChI=1S/C9H13Cl3O2/c1-8(2)3-6(10)4-9(11,12)7(13)14-5-8/h6H,3-5H2,1-2H3. The van der Waals surface area contributed by atoms with Gasteiger partial charge in [-0.15, -0.1) is 11.6 Å². The fourth-order valence-electron chi connectivity index (χ4n) is 1.46. The first-order chi connectivity index (χ1) is 6.23. The van der Waals surface area contributed by atoms with Crippen LogP contribution in [0.15, 0.2) is 0 Å². The Kier molecular flexibility index (Phi) is 3.61. The van der Waals surface area contributed by atoms with Gasteiger partial charge >= 0.3 is 5.97 Å². The molecule has 1 unspecified atom stereocenters. The second kappa shape index (κ2) is 4.07. The van der Waals surface area contributed by atoms with E-state index in [1.54, 1.807) is 0 Å². The Labute approximate surface area is 98.8 Å². The van der Waals surface area contributed by atoms with E-state index in [-0.39, 0.29) is 17.2 Å². The summed E-state index contributed by atoms with van der Waals surface area (Å²) in [7, 11) is 0. The Hall–Kier alpha value is 0.340. The lowest BCUT2D eigenvalue weighted by molar-refractivity contribution is -0.149. The third-order valence-corrected chi connectivity index (χ3v) is 3.07. The highest BCUT2D eigenvalue weighted by Crippen LogP contribution is 2.38. The number of rotatable bonds is 0. The van der Waals surface area contributed by atoms with E-state index < -0.39 is 10.3 Å². The molecule has 0 aromatic heterocycles. The summed E-state index contributed by atoms with van der Waals surface area (Å²) in [5, 5.41) is -0.201. The minimum Gasteiger partial charge on any atom is -0.463 e. The van der Waals surface area contributed by atoms with Crippen molar-refractivity contribution in [3.63, 3.8) is 0 Å². The number of carbonyl (C=O) groups is 1. The third kappa shape index (κ3) is 3.18. The van der Waals surface area contributed by atoms with E-state index in [1.165, 1.54) is 0 Å². The highest BCUT2D eigenvalue weighted by molar-refractivity contribution is 6.57. The largest absolute Gasteiger partial charge is 0.463 e. The number of esters is 1. The predicted molar refractivity (Wildman–Crippen MR) is 58.1 cm³/mol. The van der Waals surface area contributed by atoms with E-state index in [2.05, 4.69) is 0 Å². The molecular formula is C9H13Cl3O2. The average molecular weight is 260 g/mol. The molecule has 1 saturated heterocycles. The van der Waals surface area contributed by atoms with E-state index in [0.717, 1.165) is 6.42 Å². The fourth-order valence-corrected chi connectivity index (χ4v) is 2.75. The van der Waals surface area contributed by atoms with Gasteiger partial charge in [-0.05, 0) is 6.42 Å². The maximum absolute atomic E-state index is 11.4. The summed E-state index contributed by atoms with van der Waals surface area (Å²) in [5.74, 6) is -0.598. The average Bonchev–Trinajstić information content (AvgIpc) is 1.96. The van der Waals surface area contributed by atoms with Gasteiger partial charge in [0.15, 0.2) is 0 Å². The summed E-state index contributed by atoms with van der Waals surface area (Å²) in [5.41, 5.74) is -0.119. The summed E-state index contributed by atoms with van der Waals surface area (Å²) >= 11 is 17.6. The molecule has 1 rings (SSSR count). The van der Waals surface area contributed by atoms with Gasteiger partial charge in [-0.3, -0.25) is 0 Å². The number of alkyl halides is 3. The zero-order valence-corrected chi connectivity index (χ0v) is 10.4. The normalized spacial score (nSPS) is 31.5. The van der Waals surface area contributed by atoms with Crippen LogP contribution in [0, 0.1) is 5.41 Å². The van der Waals surface area contributed by atoms with Gasteiger partial charge in [0.1, 0.15) is 0 Å². The number of carbonyl (C=O) groups excluding carboxylic acids is 1. The molecule has 2 nitrogen and oxygen atoms in total. The minimum absolute atomic E-state index is 0.119. The summed E-state index contributed by atoms with van der Waals surface area (Å²) in [6.45, 7) is 4.28. The SMILES string of the molecule is CC1(C)COC(=O)C(Cl)(Cl)CC(Cl)C1. The van der Waals surface area contributed by atoms with Crippen molar-refractivity contribution in [2.45, 2.75) is 36.4 Å². The summed E-state index contributed by atoms with van der Waals surface area (Å²) in [4.78, 5) is 11.4. The van der Waals surface area contributed by atoms with Crippen molar-refractivity contribution in [3.05, 3.63) is 0 Å². The highest BCUT2D eigenvalue weighted by atomic mass is 35.5. The zero-order chi connectivity index (χ0) is 11.0. The van der Waals surface area contributed by atoms with Crippen molar-refractivity contribution < 1.29 is 9.53 Å². The summed E-state index contributed by atoms with van der Waals surface area (Å²) in [6.07, 6.45) is 0.947. The lowest BCUT2D eigenvalue weighted by Crippen LogP contribution is -2.39. The topological polar surface area (TPSA) is 26.3 Å². The van der Waals surface area contributed by atoms with Crippen LogP contribution in [0.2, 0.25) is 0 Å². The molecule has 1 fully saturated rings. The number of ether oxygens (including phenoxy) is 1. The van der Waals surface area contributed by atoms with Gasteiger partial charge in [0.2, 0.25) is 4.33 Å². The van der Waals surface area contributed by atoms with E-state index in [0.29, 0.717) is 6.61 Å². The first-order valence-corrected chi connectivity index (χ1v) is 5.61. The molecule has 0 saturated carbocycles.